The highest BCUT2D eigenvalue weighted by Gasteiger charge is 2.42. The molecule has 1 saturated carbocycles. The van der Waals surface area contributed by atoms with Crippen LogP contribution in [0.2, 0.25) is 0 Å². The zero-order valence-corrected chi connectivity index (χ0v) is 14.4. The summed E-state index contributed by atoms with van der Waals surface area (Å²) in [6.07, 6.45) is 2.60. The number of fused-ring (bicyclic) bond motifs is 1. The average molecular weight is 329 g/mol. The quantitative estimate of drug-likeness (QED) is 0.631. The van der Waals surface area contributed by atoms with Crippen LogP contribution in [0.25, 0.3) is 0 Å². The monoisotopic (exact) mass is 329 g/mol. The standard InChI is InChI=1S/C19H23NO4/c1-19(2,3)24-16(21)11-12-8-9-13(10-12)20-17(22)14-6-4-5-7-15(14)18(20)23/h4-7,12-13H,8-11H2,1-3H3. The van der Waals surface area contributed by atoms with Gasteiger partial charge in [0.2, 0.25) is 0 Å². The molecule has 0 spiro atoms. The van der Waals surface area contributed by atoms with Crippen molar-refractivity contribution >= 4 is 17.8 Å². The SMILES string of the molecule is CC(C)(C)OC(=O)CC1CCC(N2C(=O)c3ccccc3C2=O)C1. The Bertz CT molecular complexity index is 654. The molecule has 0 aromatic heterocycles. The van der Waals surface area contributed by atoms with Crippen LogP contribution < -0.4 is 0 Å². The largest absolute Gasteiger partial charge is 0.460 e. The molecule has 5 heteroatoms. The molecule has 5 nitrogen and oxygen atoms in total. The third-order valence-corrected chi connectivity index (χ3v) is 4.58. The fourth-order valence-electron chi connectivity index (χ4n) is 3.63. The molecule has 0 radical (unpaired) electrons. The molecule has 1 aliphatic carbocycles. The van der Waals surface area contributed by atoms with Crippen LogP contribution in [-0.2, 0) is 9.53 Å². The Hall–Kier alpha value is -2.17. The van der Waals surface area contributed by atoms with Crippen molar-refractivity contribution in [2.45, 2.75) is 58.1 Å². The van der Waals surface area contributed by atoms with Gasteiger partial charge < -0.3 is 4.74 Å². The minimum absolute atomic E-state index is 0.121. The lowest BCUT2D eigenvalue weighted by atomic mass is 10.0. The number of carbonyl (C=O) groups is 3. The highest BCUT2D eigenvalue weighted by Crippen LogP contribution is 2.36. The third kappa shape index (κ3) is 3.21. The van der Waals surface area contributed by atoms with E-state index in [1.807, 2.05) is 20.8 Å². The van der Waals surface area contributed by atoms with Crippen LogP contribution in [0, 0.1) is 5.92 Å². The smallest absolute Gasteiger partial charge is 0.306 e. The second kappa shape index (κ2) is 6.04. The van der Waals surface area contributed by atoms with Gasteiger partial charge in [0.1, 0.15) is 5.60 Å². The van der Waals surface area contributed by atoms with E-state index in [1.54, 1.807) is 24.3 Å². The fraction of sp³-hybridized carbons (Fsp3) is 0.526. The topological polar surface area (TPSA) is 63.7 Å². The lowest BCUT2D eigenvalue weighted by Gasteiger charge is -2.23. The van der Waals surface area contributed by atoms with Crippen molar-refractivity contribution in [1.29, 1.82) is 0 Å². The Labute approximate surface area is 142 Å². The van der Waals surface area contributed by atoms with E-state index in [-0.39, 0.29) is 29.7 Å². The van der Waals surface area contributed by atoms with Crippen molar-refractivity contribution in [3.05, 3.63) is 35.4 Å². The van der Waals surface area contributed by atoms with Gasteiger partial charge in [-0.2, -0.15) is 0 Å². The third-order valence-electron chi connectivity index (χ3n) is 4.58. The maximum atomic E-state index is 12.5. The van der Waals surface area contributed by atoms with E-state index in [1.165, 1.54) is 4.90 Å². The van der Waals surface area contributed by atoms with Gasteiger partial charge in [0, 0.05) is 12.5 Å². The molecule has 2 atom stereocenters. The van der Waals surface area contributed by atoms with Gasteiger partial charge in [-0.15, -0.1) is 0 Å². The van der Waals surface area contributed by atoms with Crippen molar-refractivity contribution in [3.8, 4) is 0 Å². The van der Waals surface area contributed by atoms with E-state index >= 15 is 0 Å². The number of ether oxygens (including phenoxy) is 1. The Balaban J connectivity index is 1.64. The van der Waals surface area contributed by atoms with E-state index in [4.69, 9.17) is 4.74 Å². The molecule has 1 aliphatic heterocycles. The number of esters is 1. The lowest BCUT2D eigenvalue weighted by molar-refractivity contribution is -0.155. The van der Waals surface area contributed by atoms with Crippen LogP contribution in [0.1, 0.15) is 67.2 Å². The van der Waals surface area contributed by atoms with Crippen molar-refractivity contribution in [1.82, 2.24) is 4.90 Å². The van der Waals surface area contributed by atoms with E-state index in [2.05, 4.69) is 0 Å². The van der Waals surface area contributed by atoms with E-state index < -0.39 is 5.60 Å². The van der Waals surface area contributed by atoms with Crippen molar-refractivity contribution in [3.63, 3.8) is 0 Å². The molecule has 1 aromatic carbocycles. The predicted molar refractivity (Wildman–Crippen MR) is 88.5 cm³/mol. The highest BCUT2D eigenvalue weighted by atomic mass is 16.6. The summed E-state index contributed by atoms with van der Waals surface area (Å²) >= 11 is 0. The molecule has 3 rings (SSSR count). The number of rotatable bonds is 3. The van der Waals surface area contributed by atoms with Gasteiger partial charge in [0.25, 0.3) is 11.8 Å². The summed E-state index contributed by atoms with van der Waals surface area (Å²) in [4.78, 5) is 38.4. The summed E-state index contributed by atoms with van der Waals surface area (Å²) in [5, 5.41) is 0. The molecule has 2 aliphatic rings. The first-order chi connectivity index (χ1) is 11.3. The summed E-state index contributed by atoms with van der Waals surface area (Å²) in [7, 11) is 0. The predicted octanol–water partition coefficient (Wildman–Crippen LogP) is 3.18. The maximum Gasteiger partial charge on any atom is 0.306 e. The summed E-state index contributed by atoms with van der Waals surface area (Å²) in [5.74, 6) is -0.471. The second-order valence-electron chi connectivity index (χ2n) is 7.65. The summed E-state index contributed by atoms with van der Waals surface area (Å²) in [6, 6.07) is 6.82. The van der Waals surface area contributed by atoms with E-state index in [0.29, 0.717) is 24.0 Å². The van der Waals surface area contributed by atoms with E-state index in [0.717, 1.165) is 12.8 Å². The molecule has 1 aromatic rings. The van der Waals surface area contributed by atoms with Gasteiger partial charge in [-0.3, -0.25) is 19.3 Å². The van der Waals surface area contributed by atoms with E-state index in [9.17, 15) is 14.4 Å². The second-order valence-corrected chi connectivity index (χ2v) is 7.65. The molecule has 0 N–H and O–H groups in total. The number of carbonyl (C=O) groups excluding carboxylic acids is 3. The number of hydrogen-bond donors (Lipinski definition) is 0. The van der Waals surface area contributed by atoms with Gasteiger partial charge in [-0.1, -0.05) is 12.1 Å². The summed E-state index contributed by atoms with van der Waals surface area (Å²) in [5.41, 5.74) is 0.480. The number of hydrogen-bond acceptors (Lipinski definition) is 4. The Morgan fingerprint density at radius 3 is 2.25 bits per heavy atom. The Kier molecular flexibility index (Phi) is 4.20. The number of amides is 2. The first-order valence-corrected chi connectivity index (χ1v) is 8.45. The zero-order chi connectivity index (χ0) is 17.5. The molecular formula is C19H23NO4. The van der Waals surface area contributed by atoms with Crippen LogP contribution in [-0.4, -0.2) is 34.3 Å². The van der Waals surface area contributed by atoms with Crippen LogP contribution in [0.15, 0.2) is 24.3 Å². The Morgan fingerprint density at radius 2 is 1.71 bits per heavy atom. The normalized spacial score (nSPS) is 23.5. The zero-order valence-electron chi connectivity index (χ0n) is 14.4. The number of benzene rings is 1. The van der Waals surface area contributed by atoms with Gasteiger partial charge in [0.05, 0.1) is 11.1 Å². The maximum absolute atomic E-state index is 12.5. The van der Waals surface area contributed by atoms with Crippen molar-refractivity contribution in [2.24, 2.45) is 5.92 Å². The molecule has 24 heavy (non-hydrogen) atoms. The molecule has 0 bridgehead atoms. The molecule has 128 valence electrons. The van der Waals surface area contributed by atoms with Crippen molar-refractivity contribution in [2.75, 3.05) is 0 Å². The van der Waals surface area contributed by atoms with Crippen LogP contribution >= 0.6 is 0 Å². The molecule has 0 saturated heterocycles. The number of nitrogens with zero attached hydrogens (tertiary/aromatic N) is 1. The first-order valence-electron chi connectivity index (χ1n) is 8.45. The van der Waals surface area contributed by atoms with Crippen molar-refractivity contribution < 1.29 is 19.1 Å². The Morgan fingerprint density at radius 1 is 1.12 bits per heavy atom. The van der Waals surface area contributed by atoms with Gasteiger partial charge in [-0.25, -0.2) is 0 Å². The molecule has 2 amide bonds. The highest BCUT2D eigenvalue weighted by molar-refractivity contribution is 6.21. The fourth-order valence-corrected chi connectivity index (χ4v) is 3.63. The van der Waals surface area contributed by atoms with Gasteiger partial charge in [-0.05, 0) is 58.1 Å². The minimum atomic E-state index is -0.488. The summed E-state index contributed by atoms with van der Waals surface area (Å²) in [6.45, 7) is 5.55. The number of imide groups is 1. The lowest BCUT2D eigenvalue weighted by Crippen LogP contribution is -2.38. The van der Waals surface area contributed by atoms with Crippen LogP contribution in [0.5, 0.6) is 0 Å². The molecule has 1 heterocycles. The minimum Gasteiger partial charge on any atom is -0.460 e. The van der Waals surface area contributed by atoms with Crippen LogP contribution in [0.3, 0.4) is 0 Å². The first kappa shape index (κ1) is 16.7. The average Bonchev–Trinajstić information content (AvgIpc) is 3.01. The molecule has 1 fully saturated rings. The summed E-state index contributed by atoms with van der Waals surface area (Å²) < 4.78 is 5.37. The molecular weight excluding hydrogens is 306 g/mol. The van der Waals surface area contributed by atoms with Gasteiger partial charge >= 0.3 is 5.97 Å². The van der Waals surface area contributed by atoms with Gasteiger partial charge in [0.15, 0.2) is 0 Å². The molecule has 2 unspecified atom stereocenters. The van der Waals surface area contributed by atoms with Crippen LogP contribution in [0.4, 0.5) is 0 Å².